The maximum atomic E-state index is 12.5. The van der Waals surface area contributed by atoms with Crippen molar-refractivity contribution in [2.24, 2.45) is 0 Å². The third-order valence-electron chi connectivity index (χ3n) is 1.69. The summed E-state index contributed by atoms with van der Waals surface area (Å²) in [5.41, 5.74) is 1.35. The smallest absolute Gasteiger partial charge is 0.123 e. The monoisotopic (exact) mass is 156 g/mol. The van der Waals surface area contributed by atoms with Crippen LogP contribution in [0.1, 0.15) is 18.1 Å². The fourth-order valence-electron chi connectivity index (χ4n) is 1.05. The van der Waals surface area contributed by atoms with Gasteiger partial charge in [-0.15, -0.1) is 0 Å². The molecule has 0 atom stereocenters. The molecule has 0 radical (unpaired) electrons. The minimum Gasteiger partial charge on any atom is -0.246 e. The van der Waals surface area contributed by atoms with Crippen LogP contribution < -0.4 is 0 Å². The molecule has 0 heterocycles. The molecule has 0 amide bonds. The first-order chi connectivity index (χ1) is 5.27. The van der Waals surface area contributed by atoms with Gasteiger partial charge in [-0.05, 0) is 29.7 Å². The number of benzene rings is 1. The summed E-state index contributed by atoms with van der Waals surface area (Å²) < 4.78 is 24.7. The lowest BCUT2D eigenvalue weighted by Gasteiger charge is -2.02. The van der Waals surface area contributed by atoms with Gasteiger partial charge in [0, 0.05) is 0 Å². The third kappa shape index (κ3) is 1.76. The summed E-state index contributed by atoms with van der Waals surface area (Å²) in [5, 5.41) is 0. The summed E-state index contributed by atoms with van der Waals surface area (Å²) in [6.45, 7) is 1.37. The molecular formula is C9H10F2. The van der Waals surface area contributed by atoms with Gasteiger partial charge in [0.25, 0.3) is 0 Å². The highest BCUT2D eigenvalue weighted by Crippen LogP contribution is 2.12. The SMILES string of the molecule is CCc1cc(F)ccc1CF. The van der Waals surface area contributed by atoms with Crippen LogP contribution in [-0.4, -0.2) is 0 Å². The first-order valence-corrected chi connectivity index (χ1v) is 3.61. The first kappa shape index (κ1) is 8.18. The Morgan fingerprint density at radius 3 is 2.55 bits per heavy atom. The van der Waals surface area contributed by atoms with Crippen molar-refractivity contribution >= 4 is 0 Å². The number of alkyl halides is 1. The lowest BCUT2D eigenvalue weighted by molar-refractivity contribution is 0.481. The quantitative estimate of drug-likeness (QED) is 0.617. The maximum absolute atomic E-state index is 12.5. The molecule has 0 bridgehead atoms. The molecule has 0 fully saturated rings. The lowest BCUT2D eigenvalue weighted by atomic mass is 10.1. The molecule has 0 saturated carbocycles. The van der Waals surface area contributed by atoms with E-state index >= 15 is 0 Å². The molecule has 11 heavy (non-hydrogen) atoms. The Morgan fingerprint density at radius 2 is 2.00 bits per heavy atom. The lowest BCUT2D eigenvalue weighted by Crippen LogP contribution is -1.90. The van der Waals surface area contributed by atoms with E-state index in [1.54, 1.807) is 0 Å². The van der Waals surface area contributed by atoms with Gasteiger partial charge in [0.1, 0.15) is 12.5 Å². The van der Waals surface area contributed by atoms with Gasteiger partial charge in [-0.3, -0.25) is 0 Å². The zero-order valence-electron chi connectivity index (χ0n) is 6.40. The van der Waals surface area contributed by atoms with Gasteiger partial charge in [-0.25, -0.2) is 8.78 Å². The molecule has 0 saturated heterocycles. The third-order valence-corrected chi connectivity index (χ3v) is 1.69. The van der Waals surface area contributed by atoms with Crippen molar-refractivity contribution < 1.29 is 8.78 Å². The molecule has 1 rings (SSSR count). The fourth-order valence-corrected chi connectivity index (χ4v) is 1.05. The Morgan fingerprint density at radius 1 is 1.27 bits per heavy atom. The number of rotatable bonds is 2. The molecule has 1 aromatic carbocycles. The number of hydrogen-bond acceptors (Lipinski definition) is 0. The largest absolute Gasteiger partial charge is 0.246 e. The van der Waals surface area contributed by atoms with E-state index in [9.17, 15) is 8.78 Å². The van der Waals surface area contributed by atoms with Crippen molar-refractivity contribution in [1.29, 1.82) is 0 Å². The summed E-state index contributed by atoms with van der Waals surface area (Å²) in [5.74, 6) is -0.293. The Hall–Kier alpha value is -0.920. The molecule has 0 aliphatic carbocycles. The van der Waals surface area contributed by atoms with Crippen molar-refractivity contribution in [3.05, 3.63) is 35.1 Å². The van der Waals surface area contributed by atoms with Gasteiger partial charge in [0.15, 0.2) is 0 Å². The van der Waals surface area contributed by atoms with E-state index in [-0.39, 0.29) is 5.82 Å². The molecule has 0 unspecified atom stereocenters. The molecule has 0 aliphatic rings. The molecule has 1 aromatic rings. The predicted molar refractivity (Wildman–Crippen MR) is 40.6 cm³/mol. The fraction of sp³-hybridized carbons (Fsp3) is 0.333. The summed E-state index contributed by atoms with van der Waals surface area (Å²) in [6.07, 6.45) is 0.678. The van der Waals surface area contributed by atoms with Crippen LogP contribution in [0.25, 0.3) is 0 Å². The normalized spacial score (nSPS) is 10.1. The van der Waals surface area contributed by atoms with Gasteiger partial charge >= 0.3 is 0 Å². The number of hydrogen-bond donors (Lipinski definition) is 0. The van der Waals surface area contributed by atoms with Crippen molar-refractivity contribution in [2.75, 3.05) is 0 Å². The van der Waals surface area contributed by atoms with Crippen LogP contribution in [0.3, 0.4) is 0 Å². The predicted octanol–water partition coefficient (Wildman–Crippen LogP) is 2.86. The molecule has 2 heteroatoms. The van der Waals surface area contributed by atoms with Crippen LogP contribution in [-0.2, 0) is 13.1 Å². The standard InChI is InChI=1S/C9H10F2/c1-2-7-5-9(11)4-3-8(7)6-10/h3-5H,2,6H2,1H3. The number of aryl methyl sites for hydroxylation is 1. The second-order valence-electron chi connectivity index (χ2n) is 2.40. The van der Waals surface area contributed by atoms with E-state index in [1.807, 2.05) is 6.92 Å². The molecule has 60 valence electrons. The van der Waals surface area contributed by atoms with Crippen LogP contribution in [0.2, 0.25) is 0 Å². The van der Waals surface area contributed by atoms with Crippen molar-refractivity contribution in [1.82, 2.24) is 0 Å². The Balaban J connectivity index is 3.06. The maximum Gasteiger partial charge on any atom is 0.123 e. The molecular weight excluding hydrogens is 146 g/mol. The zero-order chi connectivity index (χ0) is 8.27. The van der Waals surface area contributed by atoms with Gasteiger partial charge < -0.3 is 0 Å². The van der Waals surface area contributed by atoms with Crippen molar-refractivity contribution in [3.8, 4) is 0 Å². The summed E-state index contributed by atoms with van der Waals surface area (Å²) in [6, 6.07) is 4.16. The molecule has 0 spiro atoms. The van der Waals surface area contributed by atoms with Gasteiger partial charge in [0.2, 0.25) is 0 Å². The average Bonchev–Trinajstić information content (AvgIpc) is 2.04. The zero-order valence-corrected chi connectivity index (χ0v) is 6.40. The molecule has 0 nitrogen and oxygen atoms in total. The highest BCUT2D eigenvalue weighted by molar-refractivity contribution is 5.27. The van der Waals surface area contributed by atoms with E-state index in [4.69, 9.17) is 0 Å². The van der Waals surface area contributed by atoms with Crippen LogP contribution in [0.15, 0.2) is 18.2 Å². The van der Waals surface area contributed by atoms with Crippen molar-refractivity contribution in [3.63, 3.8) is 0 Å². The van der Waals surface area contributed by atoms with E-state index in [1.165, 1.54) is 18.2 Å². The average molecular weight is 156 g/mol. The van der Waals surface area contributed by atoms with Crippen LogP contribution >= 0.6 is 0 Å². The van der Waals surface area contributed by atoms with Gasteiger partial charge in [-0.1, -0.05) is 13.0 Å². The summed E-state index contributed by atoms with van der Waals surface area (Å²) in [4.78, 5) is 0. The van der Waals surface area contributed by atoms with E-state index < -0.39 is 6.67 Å². The number of halogens is 2. The van der Waals surface area contributed by atoms with Gasteiger partial charge in [-0.2, -0.15) is 0 Å². The molecule has 0 aliphatic heterocycles. The topological polar surface area (TPSA) is 0 Å². The Kier molecular flexibility index (Phi) is 2.58. The highest BCUT2D eigenvalue weighted by atomic mass is 19.1. The minimum absolute atomic E-state index is 0.293. The van der Waals surface area contributed by atoms with Crippen LogP contribution in [0.4, 0.5) is 8.78 Å². The molecule has 0 aromatic heterocycles. The van der Waals surface area contributed by atoms with Gasteiger partial charge in [0.05, 0.1) is 0 Å². The first-order valence-electron chi connectivity index (χ1n) is 3.61. The van der Waals surface area contributed by atoms with E-state index in [2.05, 4.69) is 0 Å². The van der Waals surface area contributed by atoms with E-state index in [0.717, 1.165) is 5.56 Å². The second-order valence-corrected chi connectivity index (χ2v) is 2.40. The Bertz CT molecular complexity index is 243. The summed E-state index contributed by atoms with van der Waals surface area (Å²) in [7, 11) is 0. The van der Waals surface area contributed by atoms with Crippen LogP contribution in [0.5, 0.6) is 0 Å². The summed E-state index contributed by atoms with van der Waals surface area (Å²) >= 11 is 0. The van der Waals surface area contributed by atoms with Crippen molar-refractivity contribution in [2.45, 2.75) is 20.0 Å². The second kappa shape index (κ2) is 3.46. The highest BCUT2D eigenvalue weighted by Gasteiger charge is 2.00. The van der Waals surface area contributed by atoms with Crippen LogP contribution in [0, 0.1) is 5.82 Å². The Labute approximate surface area is 64.9 Å². The molecule has 0 N–H and O–H groups in total. The van der Waals surface area contributed by atoms with E-state index in [0.29, 0.717) is 12.0 Å². The minimum atomic E-state index is -0.510.